The van der Waals surface area contributed by atoms with Gasteiger partial charge in [-0.05, 0) is 34.7 Å². The summed E-state index contributed by atoms with van der Waals surface area (Å²) in [6.45, 7) is 2.40. The van der Waals surface area contributed by atoms with Gasteiger partial charge in [-0.25, -0.2) is 9.78 Å². The second kappa shape index (κ2) is 15.8. The zero-order valence-corrected chi connectivity index (χ0v) is 24.4. The molecule has 2 atom stereocenters. The molecule has 0 aliphatic heterocycles. The molecule has 43 heavy (non-hydrogen) atoms. The zero-order valence-electron chi connectivity index (χ0n) is 24.4. The molecule has 0 aliphatic rings. The fourth-order valence-electron chi connectivity index (χ4n) is 4.54. The van der Waals surface area contributed by atoms with Crippen LogP contribution in [0.1, 0.15) is 35.2 Å². The number of H-pyrrole nitrogens is 1. The third-order valence-corrected chi connectivity index (χ3v) is 6.91. The quantitative estimate of drug-likeness (QED) is 0.204. The molecule has 2 unspecified atom stereocenters. The van der Waals surface area contributed by atoms with Crippen LogP contribution >= 0.6 is 0 Å². The molecule has 0 saturated carbocycles. The number of aromatic amines is 1. The van der Waals surface area contributed by atoms with Crippen LogP contribution in [0.2, 0.25) is 0 Å². The molecule has 10 nitrogen and oxygen atoms in total. The van der Waals surface area contributed by atoms with Crippen LogP contribution in [0, 0.1) is 0 Å². The smallest absolute Gasteiger partial charge is 0.408 e. The van der Waals surface area contributed by atoms with E-state index >= 15 is 0 Å². The second-order valence-electron chi connectivity index (χ2n) is 10.2. The van der Waals surface area contributed by atoms with Gasteiger partial charge in [0.25, 0.3) is 0 Å². The summed E-state index contributed by atoms with van der Waals surface area (Å²) in [4.78, 5) is 48.5. The first-order chi connectivity index (χ1) is 20.9. The van der Waals surface area contributed by atoms with Crippen LogP contribution in [0.4, 0.5) is 4.79 Å². The number of methoxy groups -OCH3 is 1. The molecule has 3 N–H and O–H groups in total. The van der Waals surface area contributed by atoms with Crippen molar-refractivity contribution in [1.29, 1.82) is 0 Å². The van der Waals surface area contributed by atoms with Gasteiger partial charge >= 0.3 is 6.09 Å². The van der Waals surface area contributed by atoms with Crippen LogP contribution in [-0.2, 0) is 33.9 Å². The van der Waals surface area contributed by atoms with Crippen molar-refractivity contribution in [2.75, 3.05) is 20.2 Å². The average molecular weight is 584 g/mol. The summed E-state index contributed by atoms with van der Waals surface area (Å²) < 4.78 is 10.8. The Morgan fingerprint density at radius 3 is 2.37 bits per heavy atom. The van der Waals surface area contributed by atoms with Gasteiger partial charge in [-0.15, -0.1) is 0 Å². The fourth-order valence-corrected chi connectivity index (χ4v) is 4.54. The summed E-state index contributed by atoms with van der Waals surface area (Å²) in [7, 11) is 1.56. The lowest BCUT2D eigenvalue weighted by Crippen LogP contribution is -2.52. The molecule has 4 rings (SSSR count). The van der Waals surface area contributed by atoms with E-state index in [0.29, 0.717) is 18.0 Å². The molecule has 0 saturated heterocycles. The summed E-state index contributed by atoms with van der Waals surface area (Å²) in [5, 5.41) is 5.66. The molecule has 1 aromatic heterocycles. The Hall–Kier alpha value is -5.12. The first-order valence-electron chi connectivity index (χ1n) is 14.1. The molecule has 3 amide bonds. The molecule has 0 fully saturated rings. The minimum atomic E-state index is -1.02. The zero-order chi connectivity index (χ0) is 30.4. The van der Waals surface area contributed by atoms with Crippen molar-refractivity contribution in [1.82, 2.24) is 25.5 Å². The molecule has 10 heteroatoms. The van der Waals surface area contributed by atoms with Crippen molar-refractivity contribution in [3.63, 3.8) is 0 Å². The molecule has 0 aliphatic carbocycles. The molecule has 0 radical (unpaired) electrons. The number of benzene rings is 3. The minimum absolute atomic E-state index is 0.0488. The van der Waals surface area contributed by atoms with Crippen molar-refractivity contribution in [2.45, 2.75) is 38.5 Å². The molecule has 1 heterocycles. The summed E-state index contributed by atoms with van der Waals surface area (Å²) >= 11 is 0. The fraction of sp³-hybridized carbons (Fsp3) is 0.273. The van der Waals surface area contributed by atoms with Gasteiger partial charge in [0.2, 0.25) is 11.8 Å². The number of imidazole rings is 1. The summed E-state index contributed by atoms with van der Waals surface area (Å²) in [6.07, 6.45) is 2.46. The number of carbonyl (C=O) groups is 3. The maximum Gasteiger partial charge on any atom is 0.408 e. The number of nitrogens with one attached hydrogen (secondary N) is 3. The lowest BCUT2D eigenvalue weighted by atomic mass is 10.0. The van der Waals surface area contributed by atoms with Gasteiger partial charge in [-0.3, -0.25) is 9.59 Å². The van der Waals surface area contributed by atoms with Crippen LogP contribution < -0.4 is 15.4 Å². The standard InChI is InChI=1S/C33H37N5O5/c1-24(27-13-7-4-8-14-27)18-35-31(39)21-38(20-26-12-9-15-29(16-26)42-2)32(40)30(17-28-19-34-23-36-28)37-33(41)43-22-25-10-5-3-6-11-25/h3-16,19,23-24,30H,17-18,20-22H2,1-2H3,(H,34,36)(H,35,39)(H,37,41). The van der Waals surface area contributed by atoms with Gasteiger partial charge in [0, 0.05) is 31.4 Å². The molecule has 224 valence electrons. The number of hydrogen-bond donors (Lipinski definition) is 3. The SMILES string of the molecule is COc1cccc(CN(CC(=O)NCC(C)c2ccccc2)C(=O)C(Cc2cnc[nH]2)NC(=O)OCc2ccccc2)c1. The molecule has 4 aromatic rings. The van der Waals surface area contributed by atoms with Crippen LogP contribution in [0.5, 0.6) is 5.75 Å². The largest absolute Gasteiger partial charge is 0.497 e. The van der Waals surface area contributed by atoms with Gasteiger partial charge in [-0.2, -0.15) is 0 Å². The van der Waals surface area contributed by atoms with E-state index in [9.17, 15) is 14.4 Å². The van der Waals surface area contributed by atoms with Crippen LogP contribution in [0.25, 0.3) is 0 Å². The number of hydrogen-bond acceptors (Lipinski definition) is 6. The van der Waals surface area contributed by atoms with E-state index in [2.05, 4.69) is 20.6 Å². The van der Waals surface area contributed by atoms with E-state index in [-0.39, 0.29) is 37.9 Å². The number of carbonyl (C=O) groups excluding carboxylic acids is 3. The Morgan fingerprint density at radius 1 is 0.953 bits per heavy atom. The predicted octanol–water partition coefficient (Wildman–Crippen LogP) is 4.20. The maximum absolute atomic E-state index is 14.0. The number of nitrogens with zero attached hydrogens (tertiary/aromatic N) is 2. The monoisotopic (exact) mass is 583 g/mol. The van der Waals surface area contributed by atoms with Gasteiger partial charge in [0.05, 0.1) is 20.0 Å². The minimum Gasteiger partial charge on any atom is -0.497 e. The number of rotatable bonds is 14. The van der Waals surface area contributed by atoms with Crippen LogP contribution in [-0.4, -0.2) is 59.0 Å². The van der Waals surface area contributed by atoms with Gasteiger partial charge in [0.15, 0.2) is 0 Å². The summed E-state index contributed by atoms with van der Waals surface area (Å²) in [5.41, 5.74) is 3.33. The lowest BCUT2D eigenvalue weighted by Gasteiger charge is -2.28. The van der Waals surface area contributed by atoms with Crippen molar-refractivity contribution in [3.05, 3.63) is 120 Å². The van der Waals surface area contributed by atoms with Gasteiger partial charge in [0.1, 0.15) is 18.4 Å². The van der Waals surface area contributed by atoms with Gasteiger partial charge < -0.3 is 30.0 Å². The van der Waals surface area contributed by atoms with Crippen molar-refractivity contribution < 1.29 is 23.9 Å². The maximum atomic E-state index is 14.0. The number of alkyl carbamates (subject to hydrolysis) is 1. The molecular formula is C33H37N5O5. The van der Waals surface area contributed by atoms with E-state index in [0.717, 1.165) is 16.7 Å². The van der Waals surface area contributed by atoms with E-state index in [4.69, 9.17) is 9.47 Å². The van der Waals surface area contributed by atoms with E-state index in [1.165, 1.54) is 11.2 Å². The van der Waals surface area contributed by atoms with Crippen LogP contribution in [0.15, 0.2) is 97.5 Å². The Bertz CT molecular complexity index is 1450. The van der Waals surface area contributed by atoms with E-state index < -0.39 is 18.0 Å². The Morgan fingerprint density at radius 2 is 1.67 bits per heavy atom. The first kappa shape index (κ1) is 30.8. The lowest BCUT2D eigenvalue weighted by molar-refractivity contribution is -0.138. The molecule has 0 bridgehead atoms. The predicted molar refractivity (Wildman–Crippen MR) is 162 cm³/mol. The highest BCUT2D eigenvalue weighted by atomic mass is 16.5. The highest BCUT2D eigenvalue weighted by Crippen LogP contribution is 2.17. The normalized spacial score (nSPS) is 12.0. The van der Waals surface area contributed by atoms with Gasteiger partial charge in [-0.1, -0.05) is 79.7 Å². The third kappa shape index (κ3) is 9.74. The van der Waals surface area contributed by atoms with Crippen LogP contribution in [0.3, 0.4) is 0 Å². The molecular weight excluding hydrogens is 546 g/mol. The number of ether oxygens (including phenoxy) is 2. The highest BCUT2D eigenvalue weighted by molar-refractivity contribution is 5.89. The van der Waals surface area contributed by atoms with E-state index in [1.807, 2.05) is 79.7 Å². The Balaban J connectivity index is 1.49. The van der Waals surface area contributed by atoms with Crippen molar-refractivity contribution in [3.8, 4) is 5.75 Å². The van der Waals surface area contributed by atoms with Crippen molar-refractivity contribution >= 4 is 17.9 Å². The number of amides is 3. The summed E-state index contributed by atoms with van der Waals surface area (Å²) in [5.74, 6) is -0.0455. The highest BCUT2D eigenvalue weighted by Gasteiger charge is 2.29. The summed E-state index contributed by atoms with van der Waals surface area (Å²) in [6, 6.07) is 25.4. The molecule has 3 aromatic carbocycles. The number of aromatic nitrogens is 2. The third-order valence-electron chi connectivity index (χ3n) is 6.91. The van der Waals surface area contributed by atoms with E-state index in [1.54, 1.807) is 25.4 Å². The first-order valence-corrected chi connectivity index (χ1v) is 14.1. The van der Waals surface area contributed by atoms with Crippen molar-refractivity contribution in [2.24, 2.45) is 0 Å². The second-order valence-corrected chi connectivity index (χ2v) is 10.2. The average Bonchev–Trinajstić information content (AvgIpc) is 3.56. The Kier molecular flexibility index (Phi) is 11.3. The molecule has 0 spiro atoms. The topological polar surface area (TPSA) is 126 Å². The Labute approximate surface area is 251 Å².